The molecule has 0 aliphatic rings. The predicted octanol–water partition coefficient (Wildman–Crippen LogP) is 6.34. The second-order valence-electron chi connectivity index (χ2n) is 7.85. The smallest absolute Gasteiger partial charge is 0.269 e. The van der Waals surface area contributed by atoms with Crippen molar-refractivity contribution in [2.75, 3.05) is 16.1 Å². The highest BCUT2D eigenvalue weighted by Gasteiger charge is 2.10. The van der Waals surface area contributed by atoms with Gasteiger partial charge in [-0.05, 0) is 61.4 Å². The number of aromatic nitrogens is 3. The lowest BCUT2D eigenvalue weighted by atomic mass is 10.1. The van der Waals surface area contributed by atoms with Gasteiger partial charge in [0.25, 0.3) is 5.69 Å². The summed E-state index contributed by atoms with van der Waals surface area (Å²) >= 11 is 12.0. The van der Waals surface area contributed by atoms with Gasteiger partial charge in [0.2, 0.25) is 17.8 Å². The third-order valence-electron chi connectivity index (χ3n) is 5.16. The van der Waals surface area contributed by atoms with Crippen molar-refractivity contribution in [1.29, 1.82) is 0 Å². The summed E-state index contributed by atoms with van der Waals surface area (Å²) in [5, 5.41) is 31.7. The van der Waals surface area contributed by atoms with Gasteiger partial charge in [0, 0.05) is 34.1 Å². The fourth-order valence-corrected chi connectivity index (χ4v) is 3.63. The van der Waals surface area contributed by atoms with Gasteiger partial charge >= 0.3 is 0 Å². The third kappa shape index (κ3) is 6.60. The number of nitro benzene ring substituents is 1. The van der Waals surface area contributed by atoms with Crippen molar-refractivity contribution in [3.05, 3.63) is 91.4 Å². The minimum Gasteiger partial charge on any atom is -0.506 e. The number of non-ortho nitro benzene ring substituents is 1. The number of hydrazone groups is 1. The number of nitrogens with zero attached hydrogens (tertiary/aromatic N) is 5. The van der Waals surface area contributed by atoms with Crippen molar-refractivity contribution in [1.82, 2.24) is 15.0 Å². The number of hydrogen-bond donors (Lipinski definition) is 4. The van der Waals surface area contributed by atoms with Crippen LogP contribution in [0.5, 0.6) is 5.75 Å². The highest BCUT2D eigenvalue weighted by atomic mass is 35.5. The van der Waals surface area contributed by atoms with Crippen LogP contribution in [0.2, 0.25) is 10.0 Å². The van der Waals surface area contributed by atoms with Crippen LogP contribution in [0, 0.1) is 24.0 Å². The van der Waals surface area contributed by atoms with Crippen molar-refractivity contribution < 1.29 is 10.0 Å². The van der Waals surface area contributed by atoms with E-state index < -0.39 is 4.92 Å². The average Bonchev–Trinajstić information content (AvgIpc) is 2.84. The molecular formula is C24H20Cl2N8O3. The zero-order valence-corrected chi connectivity index (χ0v) is 21.0. The van der Waals surface area contributed by atoms with E-state index in [9.17, 15) is 15.2 Å². The lowest BCUT2D eigenvalue weighted by Gasteiger charge is -2.11. The number of nitrogens with one attached hydrogen (secondary N) is 3. The lowest BCUT2D eigenvalue weighted by molar-refractivity contribution is -0.384. The van der Waals surface area contributed by atoms with Gasteiger partial charge in [-0.2, -0.15) is 20.1 Å². The molecule has 3 aromatic carbocycles. The summed E-state index contributed by atoms with van der Waals surface area (Å²) in [6.45, 7) is 4.01. The van der Waals surface area contributed by atoms with Crippen LogP contribution < -0.4 is 16.1 Å². The van der Waals surface area contributed by atoms with E-state index in [-0.39, 0.29) is 39.9 Å². The molecule has 0 radical (unpaired) electrons. The molecule has 4 rings (SSSR count). The Labute approximate surface area is 221 Å². The highest BCUT2D eigenvalue weighted by molar-refractivity contribution is 6.36. The number of nitro groups is 1. The van der Waals surface area contributed by atoms with Crippen molar-refractivity contribution >= 4 is 64.3 Å². The Kier molecular flexibility index (Phi) is 7.66. The Morgan fingerprint density at radius 3 is 2.16 bits per heavy atom. The first kappa shape index (κ1) is 25.6. The molecule has 11 nitrogen and oxygen atoms in total. The molecule has 13 heteroatoms. The van der Waals surface area contributed by atoms with Crippen LogP contribution in [0.3, 0.4) is 0 Å². The van der Waals surface area contributed by atoms with Gasteiger partial charge in [-0.25, -0.2) is 5.43 Å². The number of rotatable bonds is 8. The Morgan fingerprint density at radius 1 is 0.892 bits per heavy atom. The lowest BCUT2D eigenvalue weighted by Crippen LogP contribution is -2.07. The van der Waals surface area contributed by atoms with Gasteiger partial charge < -0.3 is 15.7 Å². The standard InChI is InChI=1S/C24H20Cl2N8O3/c1-13-3-4-18(9-14(13)2)29-23-30-22(28-17-5-7-19(8-6-17)34(36)37)31-24(32-23)33-27-12-15-10-16(25)11-20(26)21(15)35/h3-12,35H,1-2H3,(H3,28,29,30,31,32,33)/b27-12-. The summed E-state index contributed by atoms with van der Waals surface area (Å²) in [7, 11) is 0. The van der Waals surface area contributed by atoms with Crippen LogP contribution >= 0.6 is 23.2 Å². The average molecular weight is 539 g/mol. The van der Waals surface area contributed by atoms with Crippen LogP contribution in [-0.2, 0) is 0 Å². The van der Waals surface area contributed by atoms with Gasteiger partial charge in [0.05, 0.1) is 16.2 Å². The minimum absolute atomic E-state index is 0.0423. The summed E-state index contributed by atoms with van der Waals surface area (Å²) in [5.74, 6) is 0.273. The number of aromatic hydroxyl groups is 1. The first-order valence-electron chi connectivity index (χ1n) is 10.8. The quantitative estimate of drug-likeness (QED) is 0.114. The van der Waals surface area contributed by atoms with Crippen molar-refractivity contribution in [2.45, 2.75) is 13.8 Å². The van der Waals surface area contributed by atoms with E-state index in [1.807, 2.05) is 32.0 Å². The topological polar surface area (TPSA) is 150 Å². The van der Waals surface area contributed by atoms with Crippen LogP contribution in [0.25, 0.3) is 0 Å². The van der Waals surface area contributed by atoms with E-state index in [2.05, 4.69) is 36.1 Å². The zero-order valence-electron chi connectivity index (χ0n) is 19.5. The van der Waals surface area contributed by atoms with Gasteiger partial charge in [-0.3, -0.25) is 10.1 Å². The molecule has 0 amide bonds. The fourth-order valence-electron chi connectivity index (χ4n) is 3.13. The molecule has 0 aliphatic carbocycles. The van der Waals surface area contributed by atoms with E-state index >= 15 is 0 Å². The molecule has 188 valence electrons. The molecule has 0 bridgehead atoms. The largest absolute Gasteiger partial charge is 0.506 e. The zero-order chi connectivity index (χ0) is 26.5. The van der Waals surface area contributed by atoms with E-state index in [1.165, 1.54) is 42.6 Å². The predicted molar refractivity (Wildman–Crippen MR) is 145 cm³/mol. The molecule has 0 saturated heterocycles. The van der Waals surface area contributed by atoms with Crippen LogP contribution in [0.1, 0.15) is 16.7 Å². The SMILES string of the molecule is Cc1ccc(Nc2nc(N/N=C\c3cc(Cl)cc(Cl)c3O)nc(Nc3ccc([N+](=O)[O-])cc3)n2)cc1C. The Hall–Kier alpha value is -4.48. The summed E-state index contributed by atoms with van der Waals surface area (Å²) in [6.07, 6.45) is 1.32. The van der Waals surface area contributed by atoms with Gasteiger partial charge in [-0.15, -0.1) is 0 Å². The van der Waals surface area contributed by atoms with E-state index in [0.717, 1.165) is 16.8 Å². The van der Waals surface area contributed by atoms with Gasteiger partial charge in [-0.1, -0.05) is 29.3 Å². The second kappa shape index (κ2) is 11.1. The Balaban J connectivity index is 1.62. The molecule has 0 saturated carbocycles. The van der Waals surface area contributed by atoms with Crippen LogP contribution in [-0.4, -0.2) is 31.2 Å². The monoisotopic (exact) mass is 538 g/mol. The second-order valence-corrected chi connectivity index (χ2v) is 8.70. The number of phenolic OH excluding ortho intramolecular Hbond substituents is 1. The number of phenols is 1. The number of halogens is 2. The van der Waals surface area contributed by atoms with Gasteiger partial charge in [0.15, 0.2) is 0 Å². The van der Waals surface area contributed by atoms with Crippen molar-refractivity contribution in [3.63, 3.8) is 0 Å². The molecule has 0 spiro atoms. The molecule has 0 unspecified atom stereocenters. The van der Waals surface area contributed by atoms with Crippen molar-refractivity contribution in [2.24, 2.45) is 5.10 Å². The molecule has 0 aliphatic heterocycles. The number of benzene rings is 3. The molecule has 0 atom stereocenters. The maximum Gasteiger partial charge on any atom is 0.269 e. The van der Waals surface area contributed by atoms with E-state index in [4.69, 9.17) is 23.2 Å². The summed E-state index contributed by atoms with van der Waals surface area (Å²) in [4.78, 5) is 23.5. The molecule has 1 heterocycles. The number of aryl methyl sites for hydroxylation is 2. The number of hydrogen-bond acceptors (Lipinski definition) is 10. The summed E-state index contributed by atoms with van der Waals surface area (Å²) in [5.41, 5.74) is 6.47. The highest BCUT2D eigenvalue weighted by Crippen LogP contribution is 2.30. The first-order chi connectivity index (χ1) is 17.7. The van der Waals surface area contributed by atoms with Gasteiger partial charge in [0.1, 0.15) is 5.75 Å². The number of anilines is 5. The Bertz CT molecular complexity index is 1500. The first-order valence-corrected chi connectivity index (χ1v) is 11.5. The molecule has 0 fully saturated rings. The molecule has 4 N–H and O–H groups in total. The van der Waals surface area contributed by atoms with Crippen LogP contribution in [0.15, 0.2) is 59.7 Å². The molecule has 37 heavy (non-hydrogen) atoms. The molecule has 1 aromatic heterocycles. The summed E-state index contributed by atoms with van der Waals surface area (Å²) in [6, 6.07) is 14.5. The normalized spacial score (nSPS) is 10.9. The summed E-state index contributed by atoms with van der Waals surface area (Å²) < 4.78 is 0. The third-order valence-corrected chi connectivity index (χ3v) is 5.66. The van der Waals surface area contributed by atoms with Crippen molar-refractivity contribution in [3.8, 4) is 5.75 Å². The maximum absolute atomic E-state index is 10.9. The van der Waals surface area contributed by atoms with E-state index in [1.54, 1.807) is 0 Å². The molecular weight excluding hydrogens is 519 g/mol. The fraction of sp³-hybridized carbons (Fsp3) is 0.0833. The minimum atomic E-state index is -0.483. The molecule has 4 aromatic rings. The Morgan fingerprint density at radius 2 is 1.51 bits per heavy atom. The van der Waals surface area contributed by atoms with E-state index in [0.29, 0.717) is 10.7 Å². The van der Waals surface area contributed by atoms with Crippen LogP contribution in [0.4, 0.5) is 34.9 Å². The maximum atomic E-state index is 10.9.